The Labute approximate surface area is 113 Å². The third-order valence-corrected chi connectivity index (χ3v) is 4.02. The average molecular weight is 256 g/mol. The maximum atomic E-state index is 5.51. The second kappa shape index (κ2) is 9.76. The maximum absolute atomic E-state index is 5.51. The molecule has 0 saturated carbocycles. The molecule has 1 aliphatic heterocycles. The molecule has 3 nitrogen and oxygen atoms in total. The molecule has 0 spiro atoms. The summed E-state index contributed by atoms with van der Waals surface area (Å²) in [6.07, 6.45) is 5.16. The van der Waals surface area contributed by atoms with Crippen LogP contribution >= 0.6 is 0 Å². The van der Waals surface area contributed by atoms with Gasteiger partial charge in [-0.05, 0) is 58.2 Å². The summed E-state index contributed by atoms with van der Waals surface area (Å²) in [6.45, 7) is 13.5. The van der Waals surface area contributed by atoms with Gasteiger partial charge in [-0.3, -0.25) is 0 Å². The minimum Gasteiger partial charge on any atom is -0.381 e. The van der Waals surface area contributed by atoms with Crippen LogP contribution in [-0.2, 0) is 4.74 Å². The molecule has 0 bridgehead atoms. The first-order chi connectivity index (χ1) is 8.76. The van der Waals surface area contributed by atoms with Crippen LogP contribution in [0, 0.1) is 5.92 Å². The van der Waals surface area contributed by atoms with Crippen LogP contribution in [0.4, 0.5) is 0 Å². The van der Waals surface area contributed by atoms with Crippen molar-refractivity contribution in [1.82, 2.24) is 10.2 Å². The van der Waals surface area contributed by atoms with Crippen LogP contribution in [0.15, 0.2) is 0 Å². The molecule has 0 amide bonds. The van der Waals surface area contributed by atoms with Crippen molar-refractivity contribution in [1.29, 1.82) is 0 Å². The fourth-order valence-corrected chi connectivity index (χ4v) is 2.60. The summed E-state index contributed by atoms with van der Waals surface area (Å²) in [6, 6.07) is 0.641. The molecule has 0 aromatic heterocycles. The molecule has 1 heterocycles. The molecule has 0 radical (unpaired) electrons. The highest BCUT2D eigenvalue weighted by atomic mass is 16.5. The summed E-state index contributed by atoms with van der Waals surface area (Å²) in [4.78, 5) is 2.50. The lowest BCUT2D eigenvalue weighted by Gasteiger charge is -2.25. The summed E-state index contributed by atoms with van der Waals surface area (Å²) in [5.74, 6) is 0.740. The van der Waals surface area contributed by atoms with Gasteiger partial charge in [0, 0.05) is 19.2 Å². The van der Waals surface area contributed by atoms with Gasteiger partial charge in [0.05, 0.1) is 6.61 Å². The van der Waals surface area contributed by atoms with Crippen molar-refractivity contribution in [3.63, 3.8) is 0 Å². The summed E-state index contributed by atoms with van der Waals surface area (Å²) >= 11 is 0. The molecule has 3 heteroatoms. The Hall–Kier alpha value is -0.120. The number of hydrogen-bond donors (Lipinski definition) is 1. The Balaban J connectivity index is 2.00. The number of rotatable bonds is 9. The summed E-state index contributed by atoms with van der Waals surface area (Å²) in [5.41, 5.74) is 0. The molecule has 0 aliphatic carbocycles. The van der Waals surface area contributed by atoms with Crippen LogP contribution in [0.2, 0.25) is 0 Å². The van der Waals surface area contributed by atoms with E-state index in [2.05, 4.69) is 31.0 Å². The standard InChI is InChI=1S/C15H32N2O/c1-4-17(5-2)10-6-8-14(3)16-12-15-9-7-11-18-13-15/h14-16H,4-13H2,1-3H3. The molecule has 1 fully saturated rings. The van der Waals surface area contributed by atoms with Gasteiger partial charge in [-0.15, -0.1) is 0 Å². The first-order valence-corrected chi connectivity index (χ1v) is 7.79. The van der Waals surface area contributed by atoms with Gasteiger partial charge in [0.15, 0.2) is 0 Å². The molecule has 18 heavy (non-hydrogen) atoms. The van der Waals surface area contributed by atoms with E-state index in [0.717, 1.165) is 25.7 Å². The van der Waals surface area contributed by atoms with Crippen molar-refractivity contribution in [2.75, 3.05) is 39.4 Å². The summed E-state index contributed by atoms with van der Waals surface area (Å²) < 4.78 is 5.51. The fourth-order valence-electron chi connectivity index (χ4n) is 2.60. The third kappa shape index (κ3) is 6.72. The second-order valence-electron chi connectivity index (χ2n) is 5.56. The first-order valence-electron chi connectivity index (χ1n) is 7.79. The van der Waals surface area contributed by atoms with E-state index in [0.29, 0.717) is 6.04 Å². The van der Waals surface area contributed by atoms with Crippen molar-refractivity contribution in [3.05, 3.63) is 0 Å². The van der Waals surface area contributed by atoms with Crippen LogP contribution in [0.5, 0.6) is 0 Å². The quantitative estimate of drug-likeness (QED) is 0.686. The lowest BCUT2D eigenvalue weighted by atomic mass is 10.0. The van der Waals surface area contributed by atoms with E-state index >= 15 is 0 Å². The average Bonchev–Trinajstić information content (AvgIpc) is 2.42. The van der Waals surface area contributed by atoms with Crippen molar-refractivity contribution in [2.45, 2.75) is 52.5 Å². The van der Waals surface area contributed by atoms with Crippen LogP contribution in [0.25, 0.3) is 0 Å². The van der Waals surface area contributed by atoms with Gasteiger partial charge < -0.3 is 15.0 Å². The molecular formula is C15H32N2O. The predicted octanol–water partition coefficient (Wildman–Crippen LogP) is 2.51. The van der Waals surface area contributed by atoms with Crippen molar-refractivity contribution in [2.24, 2.45) is 5.92 Å². The van der Waals surface area contributed by atoms with Gasteiger partial charge in [0.25, 0.3) is 0 Å². The molecule has 0 aromatic rings. The third-order valence-electron chi connectivity index (χ3n) is 4.02. The Morgan fingerprint density at radius 1 is 1.33 bits per heavy atom. The van der Waals surface area contributed by atoms with Crippen molar-refractivity contribution < 1.29 is 4.74 Å². The molecule has 1 aliphatic rings. The van der Waals surface area contributed by atoms with E-state index in [1.165, 1.54) is 45.3 Å². The van der Waals surface area contributed by atoms with E-state index in [9.17, 15) is 0 Å². The number of nitrogens with zero attached hydrogens (tertiary/aromatic N) is 1. The van der Waals surface area contributed by atoms with Gasteiger partial charge in [-0.1, -0.05) is 13.8 Å². The van der Waals surface area contributed by atoms with E-state index in [4.69, 9.17) is 4.74 Å². The Kier molecular flexibility index (Phi) is 8.64. The number of hydrogen-bond acceptors (Lipinski definition) is 3. The van der Waals surface area contributed by atoms with Gasteiger partial charge in [-0.25, -0.2) is 0 Å². The predicted molar refractivity (Wildman–Crippen MR) is 78.0 cm³/mol. The highest BCUT2D eigenvalue weighted by Crippen LogP contribution is 2.12. The minimum absolute atomic E-state index is 0.641. The zero-order valence-corrected chi connectivity index (χ0v) is 12.6. The fraction of sp³-hybridized carbons (Fsp3) is 1.00. The summed E-state index contributed by atoms with van der Waals surface area (Å²) in [5, 5.41) is 3.66. The number of ether oxygens (including phenoxy) is 1. The zero-order valence-electron chi connectivity index (χ0n) is 12.6. The van der Waals surface area contributed by atoms with Crippen LogP contribution in [-0.4, -0.2) is 50.3 Å². The largest absolute Gasteiger partial charge is 0.381 e. The Morgan fingerprint density at radius 2 is 2.11 bits per heavy atom. The SMILES string of the molecule is CCN(CC)CCCC(C)NCC1CCCOC1. The maximum Gasteiger partial charge on any atom is 0.0506 e. The Bertz CT molecular complexity index is 189. The van der Waals surface area contributed by atoms with Gasteiger partial charge in [-0.2, -0.15) is 0 Å². The van der Waals surface area contributed by atoms with Gasteiger partial charge in [0.2, 0.25) is 0 Å². The first kappa shape index (κ1) is 15.9. The van der Waals surface area contributed by atoms with E-state index in [-0.39, 0.29) is 0 Å². The van der Waals surface area contributed by atoms with E-state index < -0.39 is 0 Å². The highest BCUT2D eigenvalue weighted by molar-refractivity contribution is 4.69. The normalized spacial score (nSPS) is 22.3. The topological polar surface area (TPSA) is 24.5 Å². The molecule has 1 saturated heterocycles. The molecular weight excluding hydrogens is 224 g/mol. The van der Waals surface area contributed by atoms with Crippen LogP contribution < -0.4 is 5.32 Å². The van der Waals surface area contributed by atoms with Crippen molar-refractivity contribution in [3.8, 4) is 0 Å². The van der Waals surface area contributed by atoms with Crippen molar-refractivity contribution >= 4 is 0 Å². The summed E-state index contributed by atoms with van der Waals surface area (Å²) in [7, 11) is 0. The molecule has 1 rings (SSSR count). The molecule has 2 unspecified atom stereocenters. The number of nitrogens with one attached hydrogen (secondary N) is 1. The van der Waals surface area contributed by atoms with Gasteiger partial charge in [0.1, 0.15) is 0 Å². The minimum atomic E-state index is 0.641. The highest BCUT2D eigenvalue weighted by Gasteiger charge is 2.14. The van der Waals surface area contributed by atoms with Gasteiger partial charge >= 0.3 is 0 Å². The van der Waals surface area contributed by atoms with Crippen LogP contribution in [0.3, 0.4) is 0 Å². The lowest BCUT2D eigenvalue weighted by molar-refractivity contribution is 0.0538. The molecule has 0 aromatic carbocycles. The van der Waals surface area contributed by atoms with E-state index in [1.54, 1.807) is 0 Å². The zero-order chi connectivity index (χ0) is 13.2. The molecule has 1 N–H and O–H groups in total. The van der Waals surface area contributed by atoms with Crippen LogP contribution in [0.1, 0.15) is 46.5 Å². The smallest absolute Gasteiger partial charge is 0.0506 e. The second-order valence-corrected chi connectivity index (χ2v) is 5.56. The Morgan fingerprint density at radius 3 is 2.72 bits per heavy atom. The molecule has 108 valence electrons. The molecule has 2 atom stereocenters. The monoisotopic (exact) mass is 256 g/mol. The van der Waals surface area contributed by atoms with E-state index in [1.807, 2.05) is 0 Å². The lowest BCUT2D eigenvalue weighted by Crippen LogP contribution is -2.35.